The van der Waals surface area contributed by atoms with E-state index in [0.717, 1.165) is 25.5 Å². The third-order valence-electron chi connectivity index (χ3n) is 5.08. The third kappa shape index (κ3) is 3.35. The smallest absolute Gasteiger partial charge is 0.243 e. The van der Waals surface area contributed by atoms with Crippen molar-refractivity contribution in [2.75, 3.05) is 13.1 Å². The first kappa shape index (κ1) is 19.5. The summed E-state index contributed by atoms with van der Waals surface area (Å²) in [6.45, 7) is 1.05. The number of carbonyl (C=O) groups is 1. The van der Waals surface area contributed by atoms with Crippen LogP contribution in [0.1, 0.15) is 29.6 Å². The molecule has 3 aromatic rings. The second-order valence-electron chi connectivity index (χ2n) is 6.83. The molecule has 0 atom stereocenters. The zero-order valence-corrected chi connectivity index (χ0v) is 17.2. The summed E-state index contributed by atoms with van der Waals surface area (Å²) in [5, 5.41) is 1.45. The first-order valence-corrected chi connectivity index (χ1v) is 11.2. The molecule has 0 radical (unpaired) electrons. The minimum absolute atomic E-state index is 0.192. The molecule has 1 aliphatic heterocycles. The number of hydrogen-bond acceptors (Lipinski definition) is 3. The van der Waals surface area contributed by atoms with Crippen LogP contribution in [0.15, 0.2) is 41.3 Å². The van der Waals surface area contributed by atoms with Crippen molar-refractivity contribution >= 4 is 50.4 Å². The molecule has 8 heteroatoms. The van der Waals surface area contributed by atoms with Gasteiger partial charge in [0.25, 0.3) is 0 Å². The van der Waals surface area contributed by atoms with E-state index in [1.54, 1.807) is 36.4 Å². The number of rotatable bonds is 4. The molecular formula is C20H18Cl2N2O3S. The summed E-state index contributed by atoms with van der Waals surface area (Å²) in [7, 11) is -3.59. The molecule has 0 aliphatic carbocycles. The summed E-state index contributed by atoms with van der Waals surface area (Å²) >= 11 is 12.3. The Balaban J connectivity index is 1.85. The van der Waals surface area contributed by atoms with Gasteiger partial charge in [0.05, 0.1) is 15.6 Å². The molecule has 2 aromatic carbocycles. The summed E-state index contributed by atoms with van der Waals surface area (Å²) in [6, 6.07) is 9.84. The van der Waals surface area contributed by atoms with Crippen molar-refractivity contribution in [1.29, 1.82) is 0 Å². The number of piperidine rings is 1. The lowest BCUT2D eigenvalue weighted by Crippen LogP contribution is -2.35. The van der Waals surface area contributed by atoms with Gasteiger partial charge >= 0.3 is 0 Å². The van der Waals surface area contributed by atoms with Crippen LogP contribution < -0.4 is 0 Å². The standard InChI is InChI=1S/C20H18Cl2N2O3S/c21-13-4-6-15(18(22)10-13)20-17(12-25)16-11-14(5-7-19(16)23-20)28(26,27)24-8-2-1-3-9-24/h4-7,10-12,23H,1-3,8-9H2. The number of halogens is 2. The fraction of sp³-hybridized carbons (Fsp3) is 0.250. The lowest BCUT2D eigenvalue weighted by Gasteiger charge is -2.25. The summed E-state index contributed by atoms with van der Waals surface area (Å²) in [4.78, 5) is 15.2. The highest BCUT2D eigenvalue weighted by atomic mass is 35.5. The van der Waals surface area contributed by atoms with Crippen LogP contribution in [0.25, 0.3) is 22.2 Å². The molecule has 146 valence electrons. The number of benzene rings is 2. The van der Waals surface area contributed by atoms with E-state index >= 15 is 0 Å². The molecule has 2 heterocycles. The average molecular weight is 437 g/mol. The van der Waals surface area contributed by atoms with Crippen LogP contribution >= 0.6 is 23.2 Å². The van der Waals surface area contributed by atoms with E-state index in [2.05, 4.69) is 4.98 Å². The summed E-state index contributed by atoms with van der Waals surface area (Å²) in [5.74, 6) is 0. The van der Waals surface area contributed by atoms with E-state index in [-0.39, 0.29) is 4.90 Å². The number of nitrogens with one attached hydrogen (secondary N) is 1. The number of aldehydes is 1. The number of aromatic nitrogens is 1. The Labute approximate surface area is 173 Å². The monoisotopic (exact) mass is 436 g/mol. The van der Waals surface area contributed by atoms with Gasteiger partial charge in [0.15, 0.2) is 6.29 Å². The van der Waals surface area contributed by atoms with Gasteiger partial charge in [-0.15, -0.1) is 0 Å². The van der Waals surface area contributed by atoms with E-state index in [1.807, 2.05) is 0 Å². The molecule has 0 amide bonds. The normalized spacial score (nSPS) is 15.8. The van der Waals surface area contributed by atoms with Crippen LogP contribution in [0.3, 0.4) is 0 Å². The van der Waals surface area contributed by atoms with Crippen molar-refractivity contribution in [3.63, 3.8) is 0 Å². The molecule has 4 rings (SSSR count). The minimum Gasteiger partial charge on any atom is -0.354 e. The Morgan fingerprint density at radius 3 is 2.43 bits per heavy atom. The zero-order chi connectivity index (χ0) is 19.9. The minimum atomic E-state index is -3.59. The molecule has 0 bridgehead atoms. The molecule has 1 fully saturated rings. The van der Waals surface area contributed by atoms with Gasteiger partial charge in [0.2, 0.25) is 10.0 Å². The Morgan fingerprint density at radius 2 is 1.75 bits per heavy atom. The number of H-pyrrole nitrogens is 1. The first-order valence-electron chi connectivity index (χ1n) is 8.98. The number of hydrogen-bond donors (Lipinski definition) is 1. The van der Waals surface area contributed by atoms with Crippen LogP contribution in [0.4, 0.5) is 0 Å². The predicted molar refractivity (Wildman–Crippen MR) is 112 cm³/mol. The highest BCUT2D eigenvalue weighted by Crippen LogP contribution is 2.36. The van der Waals surface area contributed by atoms with E-state index in [4.69, 9.17) is 23.2 Å². The lowest BCUT2D eigenvalue weighted by atomic mass is 10.1. The molecule has 0 unspecified atom stereocenters. The van der Waals surface area contributed by atoms with Crippen LogP contribution in [-0.2, 0) is 10.0 Å². The summed E-state index contributed by atoms with van der Waals surface area (Å²) < 4.78 is 27.5. The lowest BCUT2D eigenvalue weighted by molar-refractivity contribution is 0.112. The highest BCUT2D eigenvalue weighted by molar-refractivity contribution is 7.89. The van der Waals surface area contributed by atoms with Gasteiger partial charge in [0.1, 0.15) is 0 Å². The maximum atomic E-state index is 13.0. The fourth-order valence-corrected chi connectivity index (χ4v) is 5.68. The van der Waals surface area contributed by atoms with Crippen molar-refractivity contribution in [1.82, 2.24) is 9.29 Å². The van der Waals surface area contributed by atoms with Crippen LogP contribution in [0, 0.1) is 0 Å². The molecule has 5 nitrogen and oxygen atoms in total. The molecule has 1 aromatic heterocycles. The van der Waals surface area contributed by atoms with Crippen molar-refractivity contribution in [2.24, 2.45) is 0 Å². The quantitative estimate of drug-likeness (QED) is 0.576. The average Bonchev–Trinajstić information content (AvgIpc) is 3.06. The van der Waals surface area contributed by atoms with Gasteiger partial charge in [-0.3, -0.25) is 4.79 Å². The second-order valence-corrected chi connectivity index (χ2v) is 9.61. The van der Waals surface area contributed by atoms with Crippen molar-refractivity contribution in [3.8, 4) is 11.3 Å². The van der Waals surface area contributed by atoms with Crippen molar-refractivity contribution < 1.29 is 13.2 Å². The van der Waals surface area contributed by atoms with Crippen molar-refractivity contribution in [3.05, 3.63) is 52.0 Å². The summed E-state index contributed by atoms with van der Waals surface area (Å²) in [6.07, 6.45) is 3.49. The largest absolute Gasteiger partial charge is 0.354 e. The van der Waals surface area contributed by atoms with E-state index in [9.17, 15) is 13.2 Å². The van der Waals surface area contributed by atoms with Crippen LogP contribution in [0.2, 0.25) is 10.0 Å². The Kier molecular flexibility index (Phi) is 5.22. The summed E-state index contributed by atoms with van der Waals surface area (Å²) in [5.41, 5.74) is 2.21. The van der Waals surface area contributed by atoms with Gasteiger partial charge in [-0.1, -0.05) is 29.6 Å². The zero-order valence-electron chi connectivity index (χ0n) is 14.9. The SMILES string of the molecule is O=Cc1c(-c2ccc(Cl)cc2Cl)[nH]c2ccc(S(=O)(=O)N3CCCCC3)cc12. The van der Waals surface area contributed by atoms with E-state index < -0.39 is 10.0 Å². The predicted octanol–water partition coefficient (Wildman–Crippen LogP) is 5.13. The molecule has 1 saturated heterocycles. The Morgan fingerprint density at radius 1 is 1.00 bits per heavy atom. The topological polar surface area (TPSA) is 70.2 Å². The third-order valence-corrected chi connectivity index (χ3v) is 7.52. The maximum Gasteiger partial charge on any atom is 0.243 e. The van der Waals surface area contributed by atoms with Crippen LogP contribution in [0.5, 0.6) is 0 Å². The molecule has 0 saturated carbocycles. The Bertz CT molecular complexity index is 1170. The highest BCUT2D eigenvalue weighted by Gasteiger charge is 2.27. The van der Waals surface area contributed by atoms with Gasteiger partial charge in [-0.05, 0) is 49.2 Å². The number of nitrogens with zero attached hydrogens (tertiary/aromatic N) is 1. The van der Waals surface area contributed by atoms with Gasteiger partial charge < -0.3 is 4.98 Å². The number of carbonyl (C=O) groups excluding carboxylic acids is 1. The number of aromatic amines is 1. The van der Waals surface area contributed by atoms with Crippen molar-refractivity contribution in [2.45, 2.75) is 24.2 Å². The van der Waals surface area contributed by atoms with Gasteiger partial charge in [0, 0.05) is 40.1 Å². The first-order chi connectivity index (χ1) is 13.4. The van der Waals surface area contributed by atoms with Crippen LogP contribution in [-0.4, -0.2) is 37.1 Å². The van der Waals surface area contributed by atoms with Gasteiger partial charge in [-0.25, -0.2) is 8.42 Å². The molecule has 0 spiro atoms. The van der Waals surface area contributed by atoms with E-state index in [0.29, 0.717) is 50.9 Å². The fourth-order valence-electron chi connectivity index (χ4n) is 3.63. The number of fused-ring (bicyclic) bond motifs is 1. The molecular weight excluding hydrogens is 419 g/mol. The number of sulfonamides is 1. The molecule has 1 N–H and O–H groups in total. The molecule has 28 heavy (non-hydrogen) atoms. The second kappa shape index (κ2) is 7.52. The maximum absolute atomic E-state index is 13.0. The van der Waals surface area contributed by atoms with E-state index in [1.165, 1.54) is 4.31 Å². The van der Waals surface area contributed by atoms with Gasteiger partial charge in [-0.2, -0.15) is 4.31 Å². The molecule has 1 aliphatic rings. The Hall–Kier alpha value is -1.86.